The van der Waals surface area contributed by atoms with E-state index in [2.05, 4.69) is 19.6 Å². The lowest BCUT2D eigenvalue weighted by Crippen LogP contribution is -2.11. The fourth-order valence-corrected chi connectivity index (χ4v) is 2.00. The zero-order chi connectivity index (χ0) is 17.9. The van der Waals surface area contributed by atoms with Gasteiger partial charge in [-0.25, -0.2) is 0 Å². The van der Waals surface area contributed by atoms with Gasteiger partial charge >= 0.3 is 11.3 Å². The summed E-state index contributed by atoms with van der Waals surface area (Å²) in [6, 6.07) is 9.43. The van der Waals surface area contributed by atoms with Crippen LogP contribution >= 0.6 is 11.6 Å². The lowest BCUT2D eigenvalue weighted by molar-refractivity contribution is 0.0551. The van der Waals surface area contributed by atoms with Crippen molar-refractivity contribution in [3.63, 3.8) is 0 Å². The molecule has 0 saturated carbocycles. The number of rotatable bonds is 6. The van der Waals surface area contributed by atoms with Gasteiger partial charge in [0.25, 0.3) is 0 Å². The van der Waals surface area contributed by atoms with Crippen LogP contribution in [0.15, 0.2) is 53.3 Å². The molecule has 2 aromatic heterocycles. The molecule has 0 unspecified atom stereocenters. The first-order chi connectivity index (χ1) is 11.9. The van der Waals surface area contributed by atoms with E-state index in [0.29, 0.717) is 16.9 Å². The number of ketones is 1. The normalized spacial score (nSPS) is 11.3. The van der Waals surface area contributed by atoms with Crippen molar-refractivity contribution >= 4 is 17.4 Å². The van der Waals surface area contributed by atoms with Crippen molar-refractivity contribution in [2.75, 3.05) is 6.61 Å². The van der Waals surface area contributed by atoms with Crippen LogP contribution in [0.3, 0.4) is 0 Å². The lowest BCUT2D eigenvalue weighted by atomic mass is 10.1. The highest BCUT2D eigenvalue weighted by atomic mass is 35.5. The van der Waals surface area contributed by atoms with Crippen molar-refractivity contribution < 1.29 is 22.8 Å². The maximum absolute atomic E-state index is 12.9. The molecule has 0 saturated heterocycles. The largest absolute Gasteiger partial charge is 0.484 e. The molecule has 6 nitrogen and oxygen atoms in total. The molecule has 128 valence electrons. The molecule has 9 heteroatoms. The monoisotopic (exact) mass is 365 g/mol. The molecule has 0 N–H and O–H groups in total. The predicted octanol–water partition coefficient (Wildman–Crippen LogP) is 3.68. The number of carbonyl (C=O) groups excluding carboxylic acids is 1. The maximum atomic E-state index is 12.9. The molecule has 0 amide bonds. The molecule has 0 aliphatic carbocycles. The maximum Gasteiger partial charge on any atom is 0.400 e. The van der Waals surface area contributed by atoms with Gasteiger partial charge in [-0.15, -0.1) is 0 Å². The van der Waals surface area contributed by atoms with Gasteiger partial charge in [0.05, 0.1) is 6.20 Å². The number of nitrogens with zero attached hydrogens (tertiary/aromatic N) is 3. The second-order valence-electron chi connectivity index (χ2n) is 4.90. The number of hydrogen-bond donors (Lipinski definition) is 0. The van der Waals surface area contributed by atoms with Crippen molar-refractivity contribution in [2.24, 2.45) is 0 Å². The fraction of sp³-hybridized carbons (Fsp3) is 0.125. The Morgan fingerprint density at radius 3 is 2.60 bits per heavy atom. The second-order valence-corrected chi connectivity index (χ2v) is 5.37. The molecule has 2 heterocycles. The SMILES string of the molecule is O=C(COc1cccnc1)c1ccc(-c2noc(C(F)(F)Cl)n2)cc1. The van der Waals surface area contributed by atoms with E-state index in [9.17, 15) is 13.6 Å². The van der Waals surface area contributed by atoms with Crippen molar-refractivity contribution in [3.05, 3.63) is 60.2 Å². The number of ether oxygens (including phenoxy) is 1. The average molecular weight is 366 g/mol. The minimum absolute atomic E-state index is 0.0547. The van der Waals surface area contributed by atoms with Crippen molar-refractivity contribution in [1.82, 2.24) is 15.1 Å². The summed E-state index contributed by atoms with van der Waals surface area (Å²) in [4.78, 5) is 19.5. The summed E-state index contributed by atoms with van der Waals surface area (Å²) >= 11 is 4.82. The van der Waals surface area contributed by atoms with Crippen LogP contribution in [0, 0.1) is 0 Å². The topological polar surface area (TPSA) is 78.1 Å². The molecule has 0 aliphatic rings. The van der Waals surface area contributed by atoms with Gasteiger partial charge in [-0.05, 0) is 23.7 Å². The lowest BCUT2D eigenvalue weighted by Gasteiger charge is -2.05. The highest BCUT2D eigenvalue weighted by Gasteiger charge is 2.35. The highest BCUT2D eigenvalue weighted by Crippen LogP contribution is 2.32. The van der Waals surface area contributed by atoms with Crippen LogP contribution in [0.4, 0.5) is 8.78 Å². The number of hydrogen-bond acceptors (Lipinski definition) is 6. The Morgan fingerprint density at radius 1 is 1.24 bits per heavy atom. The van der Waals surface area contributed by atoms with E-state index in [4.69, 9.17) is 16.3 Å². The summed E-state index contributed by atoms with van der Waals surface area (Å²) in [5, 5.41) is -0.295. The number of pyridine rings is 1. The molecular weight excluding hydrogens is 356 g/mol. The average Bonchev–Trinajstić information content (AvgIpc) is 3.11. The summed E-state index contributed by atoms with van der Waals surface area (Å²) < 4.78 is 35.5. The van der Waals surface area contributed by atoms with Gasteiger partial charge in [-0.2, -0.15) is 13.8 Å². The minimum atomic E-state index is -3.73. The van der Waals surface area contributed by atoms with Crippen LogP contribution in [-0.2, 0) is 5.38 Å². The number of alkyl halides is 3. The Hall–Kier alpha value is -2.87. The summed E-state index contributed by atoms with van der Waals surface area (Å²) in [6.45, 7) is -0.157. The van der Waals surface area contributed by atoms with Crippen molar-refractivity contribution in [1.29, 1.82) is 0 Å². The smallest absolute Gasteiger partial charge is 0.400 e. The van der Waals surface area contributed by atoms with Gasteiger partial charge in [-0.3, -0.25) is 9.78 Å². The molecule has 0 spiro atoms. The van der Waals surface area contributed by atoms with Crippen LogP contribution in [0.5, 0.6) is 5.75 Å². The van der Waals surface area contributed by atoms with Crippen molar-refractivity contribution in [3.8, 4) is 17.1 Å². The van der Waals surface area contributed by atoms with Gasteiger partial charge in [0.15, 0.2) is 12.4 Å². The fourth-order valence-electron chi connectivity index (χ4n) is 1.93. The first kappa shape index (κ1) is 17.0. The highest BCUT2D eigenvalue weighted by molar-refractivity contribution is 6.21. The molecule has 25 heavy (non-hydrogen) atoms. The molecule has 0 radical (unpaired) electrons. The second kappa shape index (κ2) is 6.94. The van der Waals surface area contributed by atoms with Gasteiger partial charge in [0.1, 0.15) is 5.75 Å². The number of halogens is 3. The molecule has 0 bridgehead atoms. The number of aromatic nitrogens is 3. The Labute approximate surface area is 145 Å². The van der Waals surface area contributed by atoms with Gasteiger partial charge in [-0.1, -0.05) is 29.4 Å². The first-order valence-corrected chi connectivity index (χ1v) is 7.38. The van der Waals surface area contributed by atoms with E-state index >= 15 is 0 Å². The van der Waals surface area contributed by atoms with Gasteiger partial charge in [0, 0.05) is 17.3 Å². The van der Waals surface area contributed by atoms with Crippen LogP contribution in [0.2, 0.25) is 0 Å². The summed E-state index contributed by atoms with van der Waals surface area (Å²) in [6.07, 6.45) is 3.09. The summed E-state index contributed by atoms with van der Waals surface area (Å²) in [5.41, 5.74) is 0.791. The minimum Gasteiger partial charge on any atom is -0.484 e. The standard InChI is InChI=1S/C16H10ClF2N3O3/c17-16(18,19)15-21-14(22-25-15)11-5-3-10(4-6-11)13(23)9-24-12-2-1-7-20-8-12/h1-8H,9H2. The van der Waals surface area contributed by atoms with Gasteiger partial charge < -0.3 is 9.26 Å². The molecule has 3 aromatic rings. The van der Waals surface area contributed by atoms with Crippen molar-refractivity contribution in [2.45, 2.75) is 5.38 Å². The molecule has 1 aromatic carbocycles. The summed E-state index contributed by atoms with van der Waals surface area (Å²) in [7, 11) is 0. The zero-order valence-corrected chi connectivity index (χ0v) is 13.3. The Bertz CT molecular complexity index is 864. The molecular formula is C16H10ClF2N3O3. The van der Waals surface area contributed by atoms with E-state index in [1.54, 1.807) is 18.3 Å². The molecule has 0 aliphatic heterocycles. The number of Topliss-reactive ketones (excluding diaryl/α,β-unsaturated/α-hetero) is 1. The Balaban J connectivity index is 1.67. The third-order valence-corrected chi connectivity index (χ3v) is 3.30. The Morgan fingerprint density at radius 2 is 2.00 bits per heavy atom. The third-order valence-electron chi connectivity index (χ3n) is 3.14. The van der Waals surface area contributed by atoms with Crippen LogP contribution in [-0.4, -0.2) is 27.5 Å². The number of benzene rings is 1. The molecule has 3 rings (SSSR count). The van der Waals surface area contributed by atoms with E-state index < -0.39 is 11.3 Å². The van der Waals surface area contributed by atoms with E-state index in [1.807, 2.05) is 0 Å². The quantitative estimate of drug-likeness (QED) is 0.490. The molecule has 0 fully saturated rings. The Kier molecular flexibility index (Phi) is 4.71. The zero-order valence-electron chi connectivity index (χ0n) is 12.5. The first-order valence-electron chi connectivity index (χ1n) is 7.01. The predicted molar refractivity (Wildman–Crippen MR) is 83.5 cm³/mol. The van der Waals surface area contributed by atoms with Crippen LogP contribution < -0.4 is 4.74 Å². The third kappa shape index (κ3) is 4.16. The van der Waals surface area contributed by atoms with E-state index in [-0.39, 0.29) is 18.2 Å². The van der Waals surface area contributed by atoms with Gasteiger partial charge in [0.2, 0.25) is 5.82 Å². The van der Waals surface area contributed by atoms with Crippen LogP contribution in [0.25, 0.3) is 11.4 Å². The van der Waals surface area contributed by atoms with E-state index in [0.717, 1.165) is 0 Å². The molecule has 0 atom stereocenters. The van der Waals surface area contributed by atoms with Crippen LogP contribution in [0.1, 0.15) is 16.2 Å². The summed E-state index contributed by atoms with van der Waals surface area (Å²) in [5.74, 6) is -0.819. The number of carbonyl (C=O) groups is 1. The van der Waals surface area contributed by atoms with E-state index in [1.165, 1.54) is 30.5 Å².